The second-order valence-corrected chi connectivity index (χ2v) is 5.41. The van der Waals surface area contributed by atoms with Gasteiger partial charge in [0.15, 0.2) is 0 Å². The van der Waals surface area contributed by atoms with E-state index in [1.54, 1.807) is 0 Å². The monoisotopic (exact) mass is 250 g/mol. The zero-order chi connectivity index (χ0) is 12.7. The quantitative estimate of drug-likeness (QED) is 0.834. The van der Waals surface area contributed by atoms with Crippen LogP contribution < -0.4 is 0 Å². The highest BCUT2D eigenvalue weighted by atomic mass is 16.5. The molecule has 5 heteroatoms. The van der Waals surface area contributed by atoms with E-state index in [2.05, 4.69) is 17.1 Å². The fraction of sp³-hybridized carbons (Fsp3) is 0.692. The second kappa shape index (κ2) is 4.39. The number of aromatic nitrogens is 2. The molecule has 98 valence electrons. The maximum absolute atomic E-state index is 11.1. The van der Waals surface area contributed by atoms with E-state index in [1.165, 1.54) is 0 Å². The van der Waals surface area contributed by atoms with Crippen molar-refractivity contribution in [3.05, 3.63) is 17.0 Å². The summed E-state index contributed by atoms with van der Waals surface area (Å²) in [5.74, 6) is -0.558. The van der Waals surface area contributed by atoms with Crippen LogP contribution in [0.25, 0.3) is 0 Å². The SMILES string of the molecule is CC1CC(c2n[nH]c3c2CC(C(=O)O)C3)CCO1. The number of carboxylic acid groups (broad SMARTS) is 1. The lowest BCUT2D eigenvalue weighted by atomic mass is 9.90. The van der Waals surface area contributed by atoms with E-state index in [4.69, 9.17) is 9.84 Å². The van der Waals surface area contributed by atoms with Crippen LogP contribution in [-0.4, -0.2) is 34.0 Å². The van der Waals surface area contributed by atoms with E-state index in [1.807, 2.05) is 0 Å². The molecule has 1 aromatic rings. The standard InChI is InChI=1S/C13H18N2O3/c1-7-4-8(2-3-18-7)12-10-5-9(13(16)17)6-11(10)14-15-12/h7-9H,2-6H2,1H3,(H,14,15)(H,16,17). The van der Waals surface area contributed by atoms with Crippen LogP contribution in [-0.2, 0) is 22.4 Å². The molecule has 3 unspecified atom stereocenters. The summed E-state index contributed by atoms with van der Waals surface area (Å²) in [6.45, 7) is 2.86. The van der Waals surface area contributed by atoms with Crippen LogP contribution in [0.4, 0.5) is 0 Å². The molecule has 0 saturated carbocycles. The number of H-pyrrole nitrogens is 1. The Morgan fingerprint density at radius 1 is 1.50 bits per heavy atom. The van der Waals surface area contributed by atoms with Crippen molar-refractivity contribution in [2.75, 3.05) is 6.61 Å². The van der Waals surface area contributed by atoms with Gasteiger partial charge in [0.05, 0.1) is 17.7 Å². The van der Waals surface area contributed by atoms with Crippen molar-refractivity contribution < 1.29 is 14.6 Å². The molecule has 2 aliphatic rings. The summed E-state index contributed by atoms with van der Waals surface area (Å²) in [4.78, 5) is 11.1. The van der Waals surface area contributed by atoms with E-state index in [0.29, 0.717) is 18.8 Å². The number of hydrogen-bond acceptors (Lipinski definition) is 3. The highest BCUT2D eigenvalue weighted by molar-refractivity contribution is 5.72. The first kappa shape index (κ1) is 11.7. The fourth-order valence-electron chi connectivity index (χ4n) is 3.14. The molecule has 0 bridgehead atoms. The lowest BCUT2D eigenvalue weighted by Gasteiger charge is -2.26. The van der Waals surface area contributed by atoms with Crippen molar-refractivity contribution in [2.24, 2.45) is 5.92 Å². The van der Waals surface area contributed by atoms with Gasteiger partial charge in [-0.25, -0.2) is 0 Å². The lowest BCUT2D eigenvalue weighted by Crippen LogP contribution is -2.23. The lowest BCUT2D eigenvalue weighted by molar-refractivity contribution is -0.141. The molecule has 3 rings (SSSR count). The zero-order valence-electron chi connectivity index (χ0n) is 10.5. The number of rotatable bonds is 2. The van der Waals surface area contributed by atoms with Crippen molar-refractivity contribution in [3.63, 3.8) is 0 Å². The van der Waals surface area contributed by atoms with Gasteiger partial charge >= 0.3 is 5.97 Å². The number of ether oxygens (including phenoxy) is 1. The molecule has 18 heavy (non-hydrogen) atoms. The Morgan fingerprint density at radius 3 is 3.06 bits per heavy atom. The van der Waals surface area contributed by atoms with E-state index in [-0.39, 0.29) is 12.0 Å². The van der Waals surface area contributed by atoms with Gasteiger partial charge < -0.3 is 9.84 Å². The van der Waals surface area contributed by atoms with Gasteiger partial charge in [-0.05, 0) is 31.7 Å². The number of nitrogens with one attached hydrogen (secondary N) is 1. The Kier molecular flexibility index (Phi) is 2.86. The molecule has 5 nitrogen and oxygen atoms in total. The molecular weight excluding hydrogens is 232 g/mol. The van der Waals surface area contributed by atoms with Crippen LogP contribution >= 0.6 is 0 Å². The normalized spacial score (nSPS) is 31.3. The minimum absolute atomic E-state index is 0.271. The fourth-order valence-corrected chi connectivity index (χ4v) is 3.14. The molecule has 2 N–H and O–H groups in total. The Bertz CT molecular complexity index is 469. The third-order valence-electron chi connectivity index (χ3n) is 4.11. The van der Waals surface area contributed by atoms with Gasteiger partial charge in [0, 0.05) is 24.6 Å². The van der Waals surface area contributed by atoms with Crippen molar-refractivity contribution in [3.8, 4) is 0 Å². The molecule has 2 heterocycles. The predicted molar refractivity (Wildman–Crippen MR) is 64.5 cm³/mol. The molecule has 3 atom stereocenters. The highest BCUT2D eigenvalue weighted by Gasteiger charge is 2.34. The number of carbonyl (C=O) groups is 1. The van der Waals surface area contributed by atoms with Crippen molar-refractivity contribution >= 4 is 5.97 Å². The average Bonchev–Trinajstić information content (AvgIpc) is 2.87. The molecule has 0 spiro atoms. The summed E-state index contributed by atoms with van der Waals surface area (Å²) in [7, 11) is 0. The third kappa shape index (κ3) is 1.92. The van der Waals surface area contributed by atoms with Gasteiger partial charge in [-0.2, -0.15) is 5.10 Å². The summed E-state index contributed by atoms with van der Waals surface area (Å²) in [6.07, 6.45) is 3.46. The van der Waals surface area contributed by atoms with Crippen LogP contribution in [0.5, 0.6) is 0 Å². The summed E-state index contributed by atoms with van der Waals surface area (Å²) in [5, 5.41) is 16.5. The largest absolute Gasteiger partial charge is 0.481 e. The predicted octanol–water partition coefficient (Wildman–Crippen LogP) is 1.49. The highest BCUT2D eigenvalue weighted by Crippen LogP contribution is 2.36. The minimum Gasteiger partial charge on any atom is -0.481 e. The van der Waals surface area contributed by atoms with Crippen LogP contribution in [0.3, 0.4) is 0 Å². The Balaban J connectivity index is 1.82. The van der Waals surface area contributed by atoms with Crippen LogP contribution in [0, 0.1) is 5.92 Å². The molecule has 0 aromatic carbocycles. The van der Waals surface area contributed by atoms with Gasteiger partial charge in [-0.1, -0.05) is 0 Å². The molecule has 0 amide bonds. The van der Waals surface area contributed by atoms with Crippen LogP contribution in [0.1, 0.15) is 42.6 Å². The first-order valence-electron chi connectivity index (χ1n) is 6.55. The molecule has 1 fully saturated rings. The van der Waals surface area contributed by atoms with Gasteiger partial charge in [0.2, 0.25) is 0 Å². The number of aromatic amines is 1. The van der Waals surface area contributed by atoms with E-state index >= 15 is 0 Å². The number of hydrogen-bond donors (Lipinski definition) is 2. The smallest absolute Gasteiger partial charge is 0.307 e. The summed E-state index contributed by atoms with van der Waals surface area (Å²) >= 11 is 0. The maximum atomic E-state index is 11.1. The molecule has 1 saturated heterocycles. The molecule has 0 radical (unpaired) electrons. The van der Waals surface area contributed by atoms with Gasteiger partial charge in [-0.15, -0.1) is 0 Å². The van der Waals surface area contributed by atoms with E-state index in [9.17, 15) is 4.79 Å². The summed E-state index contributed by atoms with van der Waals surface area (Å²) in [5.41, 5.74) is 3.27. The number of aliphatic carboxylic acids is 1. The van der Waals surface area contributed by atoms with Crippen LogP contribution in [0.15, 0.2) is 0 Å². The first-order chi connectivity index (χ1) is 8.65. The van der Waals surface area contributed by atoms with E-state index in [0.717, 1.165) is 36.4 Å². The van der Waals surface area contributed by atoms with Gasteiger partial charge in [0.25, 0.3) is 0 Å². The van der Waals surface area contributed by atoms with Gasteiger partial charge in [0.1, 0.15) is 0 Å². The van der Waals surface area contributed by atoms with Gasteiger partial charge in [-0.3, -0.25) is 9.89 Å². The van der Waals surface area contributed by atoms with Crippen LogP contribution in [0.2, 0.25) is 0 Å². The van der Waals surface area contributed by atoms with E-state index < -0.39 is 5.97 Å². The number of nitrogens with zero attached hydrogens (tertiary/aromatic N) is 1. The third-order valence-corrected chi connectivity index (χ3v) is 4.11. The minimum atomic E-state index is -0.703. The zero-order valence-corrected chi connectivity index (χ0v) is 10.5. The van der Waals surface area contributed by atoms with Crippen molar-refractivity contribution in [1.82, 2.24) is 10.2 Å². The number of fused-ring (bicyclic) bond motifs is 1. The van der Waals surface area contributed by atoms with Crippen molar-refractivity contribution in [1.29, 1.82) is 0 Å². The maximum Gasteiger partial charge on any atom is 0.307 e. The molecule has 1 aliphatic carbocycles. The Labute approximate surface area is 106 Å². The first-order valence-corrected chi connectivity index (χ1v) is 6.55. The average molecular weight is 250 g/mol. The summed E-state index contributed by atoms with van der Waals surface area (Å²) in [6, 6.07) is 0. The number of carboxylic acids is 1. The Morgan fingerprint density at radius 2 is 2.33 bits per heavy atom. The second-order valence-electron chi connectivity index (χ2n) is 5.41. The molecule has 1 aliphatic heterocycles. The topological polar surface area (TPSA) is 75.2 Å². The Hall–Kier alpha value is -1.36. The molecular formula is C13H18N2O3. The molecule has 1 aromatic heterocycles. The summed E-state index contributed by atoms with van der Waals surface area (Å²) < 4.78 is 5.55. The van der Waals surface area contributed by atoms with Crippen molar-refractivity contribution in [2.45, 2.75) is 44.6 Å².